The average Bonchev–Trinajstić information content (AvgIpc) is 3.12. The fourth-order valence-electron chi connectivity index (χ4n) is 3.68. The first-order valence-corrected chi connectivity index (χ1v) is 9.18. The number of rotatable bonds is 5. The van der Waals surface area contributed by atoms with Crippen LogP contribution in [0.15, 0.2) is 11.4 Å². The molecule has 1 fully saturated rings. The predicted molar refractivity (Wildman–Crippen MR) is 89.0 cm³/mol. The molecule has 2 aliphatic rings. The molecule has 1 N–H and O–H groups in total. The molecule has 0 unspecified atom stereocenters. The summed E-state index contributed by atoms with van der Waals surface area (Å²) in [6.45, 7) is 3.04. The Morgan fingerprint density at radius 3 is 3.00 bits per heavy atom. The van der Waals surface area contributed by atoms with E-state index in [4.69, 9.17) is 0 Å². The number of carbonyl (C=O) groups is 1. The molecule has 0 aromatic carbocycles. The Balaban J connectivity index is 1.44. The molecule has 1 aliphatic carbocycles. The van der Waals surface area contributed by atoms with Crippen LogP contribution in [0.3, 0.4) is 0 Å². The molecule has 1 aliphatic heterocycles. The van der Waals surface area contributed by atoms with Gasteiger partial charge in [-0.3, -0.25) is 4.79 Å². The summed E-state index contributed by atoms with van der Waals surface area (Å²) in [7, 11) is 2.01. The van der Waals surface area contributed by atoms with Crippen molar-refractivity contribution >= 4 is 17.2 Å². The van der Waals surface area contributed by atoms with Gasteiger partial charge in [-0.1, -0.05) is 12.8 Å². The molecule has 0 saturated heterocycles. The van der Waals surface area contributed by atoms with Crippen LogP contribution in [0.25, 0.3) is 0 Å². The third kappa shape index (κ3) is 3.70. The Morgan fingerprint density at radius 1 is 1.45 bits per heavy atom. The fourth-order valence-corrected chi connectivity index (χ4v) is 4.57. The quantitative estimate of drug-likeness (QED) is 0.904. The number of nitrogens with zero attached hydrogens (tertiary/aromatic N) is 2. The van der Waals surface area contributed by atoms with Gasteiger partial charge in [0.2, 0.25) is 5.91 Å². The van der Waals surface area contributed by atoms with Gasteiger partial charge in [0.25, 0.3) is 0 Å². The maximum absolute atomic E-state index is 12.4. The zero-order chi connectivity index (χ0) is 15.6. The lowest BCUT2D eigenvalue weighted by atomic mass is 10.0. The van der Waals surface area contributed by atoms with E-state index < -0.39 is 5.60 Å². The van der Waals surface area contributed by atoms with Crippen molar-refractivity contribution in [3.8, 4) is 0 Å². The first-order valence-electron chi connectivity index (χ1n) is 8.30. The molecular formula is C17H26N2O2S. The monoisotopic (exact) mass is 322 g/mol. The standard InChI is InChI=1S/C17H26N2O2S/c1-18(13-17(21)7-2-3-8-17)9-5-16(20)19-10-4-15-14(12-19)6-11-22-15/h6,11,21H,2-5,7-10,12-13H2,1H3. The molecule has 122 valence electrons. The number of hydrogen-bond acceptors (Lipinski definition) is 4. The molecular weight excluding hydrogens is 296 g/mol. The molecule has 0 spiro atoms. The minimum Gasteiger partial charge on any atom is -0.389 e. The van der Waals surface area contributed by atoms with Crippen molar-refractivity contribution in [3.05, 3.63) is 21.9 Å². The molecule has 3 rings (SSSR count). The topological polar surface area (TPSA) is 43.8 Å². The maximum atomic E-state index is 12.4. The third-order valence-electron chi connectivity index (χ3n) is 4.97. The van der Waals surface area contributed by atoms with Gasteiger partial charge in [-0.25, -0.2) is 0 Å². The molecule has 2 heterocycles. The minimum absolute atomic E-state index is 0.238. The van der Waals surface area contributed by atoms with Gasteiger partial charge >= 0.3 is 0 Å². The van der Waals surface area contributed by atoms with Crippen LogP contribution in [0.2, 0.25) is 0 Å². The molecule has 1 aromatic heterocycles. The Bertz CT molecular complexity index is 522. The maximum Gasteiger partial charge on any atom is 0.224 e. The van der Waals surface area contributed by atoms with E-state index in [0.29, 0.717) is 13.0 Å². The molecule has 0 bridgehead atoms. The van der Waals surface area contributed by atoms with Crippen molar-refractivity contribution in [2.75, 3.05) is 26.7 Å². The molecule has 5 heteroatoms. The van der Waals surface area contributed by atoms with Crippen molar-refractivity contribution in [1.82, 2.24) is 9.80 Å². The second-order valence-electron chi connectivity index (χ2n) is 6.85. The number of carbonyl (C=O) groups excluding carboxylic acids is 1. The van der Waals surface area contributed by atoms with Crippen LogP contribution in [0.4, 0.5) is 0 Å². The molecule has 1 saturated carbocycles. The summed E-state index contributed by atoms with van der Waals surface area (Å²) in [4.78, 5) is 17.9. The van der Waals surface area contributed by atoms with Crippen molar-refractivity contribution in [1.29, 1.82) is 0 Å². The van der Waals surface area contributed by atoms with E-state index in [9.17, 15) is 9.90 Å². The van der Waals surface area contributed by atoms with Gasteiger partial charge in [-0.2, -0.15) is 0 Å². The zero-order valence-electron chi connectivity index (χ0n) is 13.4. The Morgan fingerprint density at radius 2 is 2.23 bits per heavy atom. The second-order valence-corrected chi connectivity index (χ2v) is 7.85. The number of aliphatic hydroxyl groups is 1. The van der Waals surface area contributed by atoms with E-state index in [-0.39, 0.29) is 5.91 Å². The average molecular weight is 322 g/mol. The van der Waals surface area contributed by atoms with Crippen LogP contribution in [-0.4, -0.2) is 53.1 Å². The molecule has 4 nitrogen and oxygen atoms in total. The zero-order valence-corrected chi connectivity index (χ0v) is 14.2. The number of thiophene rings is 1. The van der Waals surface area contributed by atoms with Gasteiger partial charge < -0.3 is 14.9 Å². The smallest absolute Gasteiger partial charge is 0.224 e. The summed E-state index contributed by atoms with van der Waals surface area (Å²) < 4.78 is 0. The SMILES string of the molecule is CN(CCC(=O)N1CCc2sccc2C1)CC1(O)CCCC1. The molecule has 0 atom stereocenters. The summed E-state index contributed by atoms with van der Waals surface area (Å²) in [5, 5.41) is 12.5. The van der Waals surface area contributed by atoms with Gasteiger partial charge in [0.15, 0.2) is 0 Å². The molecule has 22 heavy (non-hydrogen) atoms. The summed E-state index contributed by atoms with van der Waals surface area (Å²) in [6.07, 6.45) is 5.59. The van der Waals surface area contributed by atoms with Gasteiger partial charge in [0.05, 0.1) is 5.60 Å². The number of fused-ring (bicyclic) bond motifs is 1. The largest absolute Gasteiger partial charge is 0.389 e. The van der Waals surface area contributed by atoms with Gasteiger partial charge in [-0.05, 0) is 43.3 Å². The van der Waals surface area contributed by atoms with Gasteiger partial charge in [-0.15, -0.1) is 11.3 Å². The number of hydrogen-bond donors (Lipinski definition) is 1. The highest BCUT2D eigenvalue weighted by Gasteiger charge is 2.32. The Hall–Kier alpha value is -0.910. The van der Waals surface area contributed by atoms with Crippen LogP contribution >= 0.6 is 11.3 Å². The Labute approximate surface area is 136 Å². The normalized spacial score (nSPS) is 20.4. The van der Waals surface area contributed by atoms with E-state index in [2.05, 4.69) is 16.3 Å². The van der Waals surface area contributed by atoms with Crippen molar-refractivity contribution < 1.29 is 9.90 Å². The van der Waals surface area contributed by atoms with Gasteiger partial charge in [0, 0.05) is 37.5 Å². The summed E-state index contributed by atoms with van der Waals surface area (Å²) in [6, 6.07) is 2.14. The van der Waals surface area contributed by atoms with E-state index in [1.165, 1.54) is 10.4 Å². The van der Waals surface area contributed by atoms with Gasteiger partial charge in [0.1, 0.15) is 0 Å². The first kappa shape index (κ1) is 16.0. The van der Waals surface area contributed by atoms with Crippen LogP contribution in [0.1, 0.15) is 42.5 Å². The highest BCUT2D eigenvalue weighted by atomic mass is 32.1. The lowest BCUT2D eigenvalue weighted by Crippen LogP contribution is -2.41. The van der Waals surface area contributed by atoms with E-state index in [1.807, 2.05) is 11.9 Å². The van der Waals surface area contributed by atoms with Crippen LogP contribution < -0.4 is 0 Å². The molecule has 1 amide bonds. The summed E-state index contributed by atoms with van der Waals surface area (Å²) in [5.41, 5.74) is 0.798. The number of amides is 1. The predicted octanol–water partition coefficient (Wildman–Crippen LogP) is 2.26. The summed E-state index contributed by atoms with van der Waals surface area (Å²) in [5.74, 6) is 0.238. The van der Waals surface area contributed by atoms with Crippen molar-refractivity contribution in [2.24, 2.45) is 0 Å². The third-order valence-corrected chi connectivity index (χ3v) is 5.99. The number of likely N-dealkylation sites (N-methyl/N-ethyl adjacent to an activating group) is 1. The van der Waals surface area contributed by atoms with Crippen molar-refractivity contribution in [3.63, 3.8) is 0 Å². The van der Waals surface area contributed by atoms with Crippen LogP contribution in [0.5, 0.6) is 0 Å². The highest BCUT2D eigenvalue weighted by molar-refractivity contribution is 7.10. The van der Waals surface area contributed by atoms with E-state index in [1.54, 1.807) is 11.3 Å². The fraction of sp³-hybridized carbons (Fsp3) is 0.706. The van der Waals surface area contributed by atoms with E-state index in [0.717, 1.165) is 51.7 Å². The highest BCUT2D eigenvalue weighted by Crippen LogP contribution is 2.30. The lowest BCUT2D eigenvalue weighted by Gasteiger charge is -2.30. The second kappa shape index (κ2) is 6.69. The first-order chi connectivity index (χ1) is 10.6. The van der Waals surface area contributed by atoms with Crippen LogP contribution in [0, 0.1) is 0 Å². The van der Waals surface area contributed by atoms with Crippen LogP contribution in [-0.2, 0) is 17.8 Å². The lowest BCUT2D eigenvalue weighted by molar-refractivity contribution is -0.132. The van der Waals surface area contributed by atoms with Crippen molar-refractivity contribution in [2.45, 2.75) is 50.7 Å². The minimum atomic E-state index is -0.519. The molecule has 0 radical (unpaired) electrons. The summed E-state index contributed by atoms with van der Waals surface area (Å²) >= 11 is 1.80. The molecule has 1 aromatic rings. The Kier molecular flexibility index (Phi) is 4.85. The van der Waals surface area contributed by atoms with E-state index >= 15 is 0 Å².